The molecule has 0 spiro atoms. The van der Waals surface area contributed by atoms with Crippen LogP contribution in [0.2, 0.25) is 0 Å². The smallest absolute Gasteiger partial charge is 0.0352 e. The molecule has 0 fully saturated rings. The third kappa shape index (κ3) is 5.27. The predicted octanol–water partition coefficient (Wildman–Crippen LogP) is 8.50. The van der Waals surface area contributed by atoms with Gasteiger partial charge in [-0.05, 0) is 101 Å². The fraction of sp³-hybridized carbons (Fsp3) is 0.586. The molecule has 4 unspecified atom stereocenters. The monoisotopic (exact) mass is 422 g/mol. The van der Waals surface area contributed by atoms with Crippen molar-refractivity contribution in [2.45, 2.75) is 111 Å². The number of nitrogen functional groups attached to an aromatic ring is 2. The van der Waals surface area contributed by atoms with Crippen molar-refractivity contribution in [1.29, 1.82) is 0 Å². The summed E-state index contributed by atoms with van der Waals surface area (Å²) < 4.78 is 0. The zero-order valence-corrected chi connectivity index (χ0v) is 21.3. The standard InChI is InChI=1S/C29H46N2/c1-9-18(5)26-22(13-15-24(30)28(26)20(7)11-3)17-23-14-16-25(31)29(21(8)12-4)27(23)19(6)10-2/h13-16,18-21H,9-12,17,30-31H2,1-8H3. The second kappa shape index (κ2) is 11.1. The van der Waals surface area contributed by atoms with Crippen LogP contribution in [0.4, 0.5) is 11.4 Å². The van der Waals surface area contributed by atoms with Gasteiger partial charge in [-0.2, -0.15) is 0 Å². The van der Waals surface area contributed by atoms with E-state index < -0.39 is 0 Å². The maximum Gasteiger partial charge on any atom is 0.0352 e. The molecule has 0 saturated carbocycles. The van der Waals surface area contributed by atoms with Crippen LogP contribution < -0.4 is 11.5 Å². The van der Waals surface area contributed by atoms with Gasteiger partial charge >= 0.3 is 0 Å². The lowest BCUT2D eigenvalue weighted by Gasteiger charge is -2.28. The highest BCUT2D eigenvalue weighted by Gasteiger charge is 2.24. The summed E-state index contributed by atoms with van der Waals surface area (Å²) in [6.45, 7) is 18.4. The van der Waals surface area contributed by atoms with Crippen LogP contribution in [0.25, 0.3) is 0 Å². The van der Waals surface area contributed by atoms with Crippen molar-refractivity contribution in [2.24, 2.45) is 0 Å². The summed E-state index contributed by atoms with van der Waals surface area (Å²) in [4.78, 5) is 0. The molecule has 0 saturated heterocycles. The van der Waals surface area contributed by atoms with Gasteiger partial charge in [-0.15, -0.1) is 0 Å². The molecule has 2 aromatic carbocycles. The van der Waals surface area contributed by atoms with E-state index in [1.807, 2.05) is 0 Å². The Hall–Kier alpha value is -1.96. The normalized spacial score (nSPS) is 15.5. The number of nitrogens with two attached hydrogens (primary N) is 2. The molecule has 2 nitrogen and oxygen atoms in total. The Bertz CT molecular complexity index is 796. The van der Waals surface area contributed by atoms with Crippen LogP contribution >= 0.6 is 0 Å². The first kappa shape index (κ1) is 25.3. The molecule has 0 radical (unpaired) electrons. The van der Waals surface area contributed by atoms with E-state index in [9.17, 15) is 0 Å². The Labute approximate surface area is 191 Å². The molecule has 0 amide bonds. The van der Waals surface area contributed by atoms with E-state index in [1.165, 1.54) is 33.4 Å². The molecule has 31 heavy (non-hydrogen) atoms. The van der Waals surface area contributed by atoms with Gasteiger partial charge in [-0.25, -0.2) is 0 Å². The number of anilines is 2. The lowest BCUT2D eigenvalue weighted by molar-refractivity contribution is 0.665. The first-order valence-electron chi connectivity index (χ1n) is 12.5. The van der Waals surface area contributed by atoms with Gasteiger partial charge in [0.15, 0.2) is 0 Å². The van der Waals surface area contributed by atoms with E-state index >= 15 is 0 Å². The molecule has 172 valence electrons. The molecular formula is C29H46N2. The second-order valence-corrected chi connectivity index (χ2v) is 9.70. The van der Waals surface area contributed by atoms with Crippen LogP contribution in [0.3, 0.4) is 0 Å². The average molecular weight is 423 g/mol. The van der Waals surface area contributed by atoms with Crippen LogP contribution in [-0.2, 0) is 6.42 Å². The fourth-order valence-corrected chi connectivity index (χ4v) is 4.99. The van der Waals surface area contributed by atoms with Gasteiger partial charge in [-0.1, -0.05) is 67.5 Å². The quantitative estimate of drug-likeness (QED) is 0.377. The van der Waals surface area contributed by atoms with E-state index in [2.05, 4.69) is 79.7 Å². The minimum Gasteiger partial charge on any atom is -0.398 e. The minimum atomic E-state index is 0.472. The van der Waals surface area contributed by atoms with Crippen LogP contribution in [0, 0.1) is 0 Å². The lowest BCUT2D eigenvalue weighted by atomic mass is 9.78. The topological polar surface area (TPSA) is 52.0 Å². The van der Waals surface area contributed by atoms with E-state index in [0.29, 0.717) is 23.7 Å². The minimum absolute atomic E-state index is 0.472. The zero-order valence-electron chi connectivity index (χ0n) is 21.3. The molecule has 2 heteroatoms. The molecule has 0 bridgehead atoms. The molecule has 0 aliphatic heterocycles. The molecule has 4 N–H and O–H groups in total. The number of hydrogen-bond donors (Lipinski definition) is 2. The van der Waals surface area contributed by atoms with Crippen molar-refractivity contribution in [1.82, 2.24) is 0 Å². The molecule has 0 aromatic heterocycles. The van der Waals surface area contributed by atoms with E-state index in [4.69, 9.17) is 11.5 Å². The van der Waals surface area contributed by atoms with Gasteiger partial charge < -0.3 is 11.5 Å². The number of rotatable bonds is 10. The van der Waals surface area contributed by atoms with Gasteiger partial charge in [0, 0.05) is 11.4 Å². The van der Waals surface area contributed by atoms with Gasteiger partial charge in [0.05, 0.1) is 0 Å². The van der Waals surface area contributed by atoms with Crippen molar-refractivity contribution in [3.8, 4) is 0 Å². The fourth-order valence-electron chi connectivity index (χ4n) is 4.99. The maximum atomic E-state index is 6.54. The lowest BCUT2D eigenvalue weighted by Crippen LogP contribution is -2.13. The Kier molecular flexibility index (Phi) is 9.03. The van der Waals surface area contributed by atoms with Crippen molar-refractivity contribution in [3.63, 3.8) is 0 Å². The summed E-state index contributed by atoms with van der Waals surface area (Å²) in [7, 11) is 0. The third-order valence-corrected chi connectivity index (χ3v) is 7.62. The number of benzene rings is 2. The summed E-state index contributed by atoms with van der Waals surface area (Å²) in [5, 5.41) is 0. The van der Waals surface area contributed by atoms with Gasteiger partial charge in [-0.3, -0.25) is 0 Å². The molecule has 2 rings (SSSR count). The Morgan fingerprint density at radius 1 is 0.516 bits per heavy atom. The molecule has 0 heterocycles. The highest BCUT2D eigenvalue weighted by atomic mass is 14.6. The molecule has 2 aromatic rings. The molecule has 4 atom stereocenters. The summed E-state index contributed by atoms with van der Waals surface area (Å²) in [6.07, 6.45) is 5.41. The molecule has 0 aliphatic carbocycles. The summed E-state index contributed by atoms with van der Waals surface area (Å²) in [6, 6.07) is 8.84. The summed E-state index contributed by atoms with van der Waals surface area (Å²) >= 11 is 0. The second-order valence-electron chi connectivity index (χ2n) is 9.70. The SMILES string of the molecule is CCC(C)c1c(N)ccc(Cc2ccc(N)c(C(C)CC)c2C(C)CC)c1C(C)CC. The molecular weight excluding hydrogens is 376 g/mol. The van der Waals surface area contributed by atoms with Crippen molar-refractivity contribution >= 4 is 11.4 Å². The zero-order chi connectivity index (χ0) is 23.3. The van der Waals surface area contributed by atoms with Crippen molar-refractivity contribution < 1.29 is 0 Å². The molecule has 0 aliphatic rings. The largest absolute Gasteiger partial charge is 0.398 e. The van der Waals surface area contributed by atoms with Crippen LogP contribution in [0.5, 0.6) is 0 Å². The van der Waals surface area contributed by atoms with Gasteiger partial charge in [0.25, 0.3) is 0 Å². The summed E-state index contributed by atoms with van der Waals surface area (Å²) in [5.41, 5.74) is 23.6. The Morgan fingerprint density at radius 2 is 0.806 bits per heavy atom. The first-order chi connectivity index (χ1) is 14.7. The highest BCUT2D eigenvalue weighted by Crippen LogP contribution is 2.41. The van der Waals surface area contributed by atoms with Crippen LogP contribution in [0.1, 0.15) is 138 Å². The van der Waals surface area contributed by atoms with E-state index in [1.54, 1.807) is 0 Å². The van der Waals surface area contributed by atoms with Crippen LogP contribution in [0.15, 0.2) is 24.3 Å². The summed E-state index contributed by atoms with van der Waals surface area (Å²) in [5.74, 6) is 1.94. The third-order valence-electron chi connectivity index (χ3n) is 7.62. The van der Waals surface area contributed by atoms with E-state index in [-0.39, 0.29) is 0 Å². The Morgan fingerprint density at radius 3 is 1.10 bits per heavy atom. The van der Waals surface area contributed by atoms with E-state index in [0.717, 1.165) is 43.5 Å². The Balaban J connectivity index is 2.74. The number of hydrogen-bond acceptors (Lipinski definition) is 2. The van der Waals surface area contributed by atoms with Crippen LogP contribution in [-0.4, -0.2) is 0 Å². The van der Waals surface area contributed by atoms with Crippen molar-refractivity contribution in [3.05, 3.63) is 57.6 Å². The maximum absolute atomic E-state index is 6.54. The highest BCUT2D eigenvalue weighted by molar-refractivity contribution is 5.60. The van der Waals surface area contributed by atoms with Gasteiger partial charge in [0.1, 0.15) is 0 Å². The first-order valence-corrected chi connectivity index (χ1v) is 12.5. The van der Waals surface area contributed by atoms with Crippen molar-refractivity contribution in [2.75, 3.05) is 11.5 Å². The van der Waals surface area contributed by atoms with Gasteiger partial charge in [0.2, 0.25) is 0 Å². The predicted molar refractivity (Wildman–Crippen MR) is 139 cm³/mol. The average Bonchev–Trinajstić information content (AvgIpc) is 2.78.